The molecule has 9 nitrogen and oxygen atoms in total. The Kier molecular flexibility index (Phi) is 5.40. The number of para-hydroxylation sites is 2. The Balaban J connectivity index is 1.84. The zero-order chi connectivity index (χ0) is 16.7. The van der Waals surface area contributed by atoms with E-state index in [2.05, 4.69) is 25.6 Å². The van der Waals surface area contributed by atoms with Crippen molar-refractivity contribution in [1.29, 1.82) is 0 Å². The summed E-state index contributed by atoms with van der Waals surface area (Å²) in [7, 11) is 1.27. The number of methoxy groups -OCH3 is 1. The fourth-order valence-electron chi connectivity index (χ4n) is 1.81. The van der Waals surface area contributed by atoms with E-state index in [-0.39, 0.29) is 11.4 Å². The van der Waals surface area contributed by atoms with E-state index in [1.807, 2.05) is 0 Å². The molecule has 0 radical (unpaired) electrons. The zero-order valence-corrected chi connectivity index (χ0v) is 12.4. The van der Waals surface area contributed by atoms with Crippen molar-refractivity contribution in [1.82, 2.24) is 10.2 Å². The Labute approximate surface area is 131 Å². The second-order valence-corrected chi connectivity index (χ2v) is 4.42. The molecule has 0 spiro atoms. The summed E-state index contributed by atoms with van der Waals surface area (Å²) in [4.78, 5) is 21.7. The topological polar surface area (TPSA) is 119 Å². The number of hydrogen-bond acceptors (Lipinski definition) is 8. The van der Waals surface area contributed by atoms with Gasteiger partial charge in [-0.2, -0.15) is 0 Å². The molecule has 0 saturated heterocycles. The molecule has 0 fully saturated rings. The van der Waals surface area contributed by atoms with Gasteiger partial charge in [0.25, 0.3) is 5.69 Å². The molecule has 1 heterocycles. The average molecular weight is 317 g/mol. The number of nitrogens with zero attached hydrogens (tertiary/aromatic N) is 3. The summed E-state index contributed by atoms with van der Waals surface area (Å²) in [5.74, 6) is -0.0656. The van der Waals surface area contributed by atoms with Crippen LogP contribution in [0.25, 0.3) is 0 Å². The lowest BCUT2D eigenvalue weighted by atomic mass is 10.2. The average Bonchev–Trinajstić information content (AvgIpc) is 2.58. The summed E-state index contributed by atoms with van der Waals surface area (Å²) in [6, 6.07) is 9.51. The van der Waals surface area contributed by atoms with Crippen LogP contribution < -0.4 is 10.6 Å². The normalized spacial score (nSPS) is 9.96. The molecule has 2 N–H and O–H groups in total. The van der Waals surface area contributed by atoms with E-state index >= 15 is 0 Å². The van der Waals surface area contributed by atoms with Gasteiger partial charge in [-0.15, -0.1) is 10.2 Å². The number of nitro groups is 1. The standard InChI is InChI=1S/C14H15N5O4/c1-23-14(20)11-6-7-13(18-17-11)16-9-8-15-10-4-2-3-5-12(10)19(21)22/h2-7,15H,8-9H2,1H3,(H,16,18). The fraction of sp³-hybridized carbons (Fsp3) is 0.214. The van der Waals surface area contributed by atoms with Gasteiger partial charge < -0.3 is 15.4 Å². The number of aromatic nitrogens is 2. The Hall–Kier alpha value is -3.23. The van der Waals surface area contributed by atoms with Gasteiger partial charge in [-0.3, -0.25) is 10.1 Å². The largest absolute Gasteiger partial charge is 0.464 e. The third kappa shape index (κ3) is 4.37. The number of carbonyl (C=O) groups excluding carboxylic acids is 1. The minimum atomic E-state index is -0.554. The van der Waals surface area contributed by atoms with Crippen molar-refractivity contribution >= 4 is 23.2 Å². The minimum absolute atomic E-state index is 0.0229. The van der Waals surface area contributed by atoms with Crippen LogP contribution in [-0.4, -0.2) is 41.3 Å². The predicted octanol–water partition coefficient (Wildman–Crippen LogP) is 1.70. The second-order valence-electron chi connectivity index (χ2n) is 4.42. The highest BCUT2D eigenvalue weighted by Crippen LogP contribution is 2.22. The van der Waals surface area contributed by atoms with Crippen molar-refractivity contribution in [3.05, 3.63) is 52.2 Å². The van der Waals surface area contributed by atoms with Gasteiger partial charge in [0.05, 0.1) is 12.0 Å². The molecule has 0 bridgehead atoms. The van der Waals surface area contributed by atoms with Crippen LogP contribution in [-0.2, 0) is 4.74 Å². The summed E-state index contributed by atoms with van der Waals surface area (Å²) in [5, 5.41) is 24.4. The quantitative estimate of drug-likeness (QED) is 0.343. The highest BCUT2D eigenvalue weighted by molar-refractivity contribution is 5.86. The molecule has 23 heavy (non-hydrogen) atoms. The maximum Gasteiger partial charge on any atom is 0.358 e. The van der Waals surface area contributed by atoms with Gasteiger partial charge >= 0.3 is 5.97 Å². The first kappa shape index (κ1) is 16.1. The molecule has 2 aromatic rings. The highest BCUT2D eigenvalue weighted by atomic mass is 16.6. The second kappa shape index (κ2) is 7.69. The summed E-state index contributed by atoms with van der Waals surface area (Å²) in [5.41, 5.74) is 0.595. The van der Waals surface area contributed by atoms with Crippen molar-refractivity contribution in [2.45, 2.75) is 0 Å². The van der Waals surface area contributed by atoms with Crippen LogP contribution in [0.3, 0.4) is 0 Å². The lowest BCUT2D eigenvalue weighted by Gasteiger charge is -2.08. The molecule has 1 aromatic heterocycles. The highest BCUT2D eigenvalue weighted by Gasteiger charge is 2.11. The molecule has 0 aliphatic carbocycles. The molecular formula is C14H15N5O4. The van der Waals surface area contributed by atoms with Gasteiger partial charge in [0.15, 0.2) is 5.69 Å². The Morgan fingerprint density at radius 1 is 1.17 bits per heavy atom. The molecule has 0 unspecified atom stereocenters. The number of esters is 1. The zero-order valence-electron chi connectivity index (χ0n) is 12.4. The van der Waals surface area contributed by atoms with Gasteiger partial charge in [-0.05, 0) is 18.2 Å². The third-order valence-electron chi connectivity index (χ3n) is 2.91. The number of nitrogens with one attached hydrogen (secondary N) is 2. The van der Waals surface area contributed by atoms with Gasteiger partial charge in [0.1, 0.15) is 11.5 Å². The van der Waals surface area contributed by atoms with E-state index in [0.29, 0.717) is 24.6 Å². The molecule has 2 rings (SSSR count). The number of benzene rings is 1. The SMILES string of the molecule is COC(=O)c1ccc(NCCNc2ccccc2[N+](=O)[O-])nn1. The monoisotopic (exact) mass is 317 g/mol. The molecule has 120 valence electrons. The van der Waals surface area contributed by atoms with Crippen molar-refractivity contribution in [3.63, 3.8) is 0 Å². The van der Waals surface area contributed by atoms with E-state index < -0.39 is 10.9 Å². The summed E-state index contributed by atoms with van der Waals surface area (Å²) < 4.78 is 4.53. The van der Waals surface area contributed by atoms with E-state index in [9.17, 15) is 14.9 Å². The van der Waals surface area contributed by atoms with Gasteiger partial charge in [-0.25, -0.2) is 4.79 Å². The maximum absolute atomic E-state index is 11.2. The summed E-state index contributed by atoms with van der Waals surface area (Å²) in [6.07, 6.45) is 0. The molecule has 0 amide bonds. The Morgan fingerprint density at radius 3 is 2.57 bits per heavy atom. The lowest BCUT2D eigenvalue weighted by molar-refractivity contribution is -0.384. The maximum atomic E-state index is 11.2. The van der Waals surface area contributed by atoms with E-state index in [1.165, 1.54) is 19.2 Å². The summed E-state index contributed by atoms with van der Waals surface area (Å²) >= 11 is 0. The minimum Gasteiger partial charge on any atom is -0.464 e. The molecule has 0 aliphatic heterocycles. The Bertz CT molecular complexity index is 690. The van der Waals surface area contributed by atoms with Crippen molar-refractivity contribution in [3.8, 4) is 0 Å². The van der Waals surface area contributed by atoms with Crippen LogP contribution in [0.15, 0.2) is 36.4 Å². The van der Waals surface area contributed by atoms with Crippen molar-refractivity contribution in [2.75, 3.05) is 30.8 Å². The Morgan fingerprint density at radius 2 is 1.91 bits per heavy atom. The number of rotatable bonds is 7. The van der Waals surface area contributed by atoms with Crippen LogP contribution in [0.1, 0.15) is 10.5 Å². The van der Waals surface area contributed by atoms with Crippen LogP contribution >= 0.6 is 0 Å². The van der Waals surface area contributed by atoms with Gasteiger partial charge in [0.2, 0.25) is 0 Å². The molecule has 1 aromatic carbocycles. The van der Waals surface area contributed by atoms with Crippen molar-refractivity contribution in [2.24, 2.45) is 0 Å². The van der Waals surface area contributed by atoms with E-state index in [4.69, 9.17) is 0 Å². The van der Waals surface area contributed by atoms with Crippen LogP contribution in [0.4, 0.5) is 17.2 Å². The number of ether oxygens (including phenoxy) is 1. The number of carbonyl (C=O) groups is 1. The van der Waals surface area contributed by atoms with Crippen molar-refractivity contribution < 1.29 is 14.5 Å². The predicted molar refractivity (Wildman–Crippen MR) is 83.4 cm³/mol. The van der Waals surface area contributed by atoms with Crippen LogP contribution in [0, 0.1) is 10.1 Å². The smallest absolute Gasteiger partial charge is 0.358 e. The first-order valence-corrected chi connectivity index (χ1v) is 6.75. The molecule has 0 aliphatic rings. The molecule has 9 heteroatoms. The molecule has 0 saturated carbocycles. The first-order valence-electron chi connectivity index (χ1n) is 6.75. The van der Waals surface area contributed by atoms with Crippen LogP contribution in [0.2, 0.25) is 0 Å². The lowest BCUT2D eigenvalue weighted by Crippen LogP contribution is -2.15. The van der Waals surface area contributed by atoms with E-state index in [1.54, 1.807) is 24.3 Å². The van der Waals surface area contributed by atoms with E-state index in [0.717, 1.165) is 0 Å². The first-order chi connectivity index (χ1) is 11.1. The van der Waals surface area contributed by atoms with Gasteiger partial charge in [-0.1, -0.05) is 12.1 Å². The summed E-state index contributed by atoms with van der Waals surface area (Å²) in [6.45, 7) is 0.920. The molecule has 0 atom stereocenters. The van der Waals surface area contributed by atoms with Gasteiger partial charge in [0, 0.05) is 19.2 Å². The van der Waals surface area contributed by atoms with Crippen LogP contribution in [0.5, 0.6) is 0 Å². The fourth-order valence-corrected chi connectivity index (χ4v) is 1.81. The molecular weight excluding hydrogens is 302 g/mol. The number of hydrogen-bond donors (Lipinski definition) is 2. The number of nitro benzene ring substituents is 1. The number of anilines is 2. The third-order valence-corrected chi connectivity index (χ3v) is 2.91.